The largest absolute Gasteiger partial charge is 0.340 e. The molecule has 1 atom stereocenters. The molecule has 0 unspecified atom stereocenters. The van der Waals surface area contributed by atoms with Gasteiger partial charge in [-0.25, -0.2) is 0 Å². The fourth-order valence-electron chi connectivity index (χ4n) is 3.18. The average Bonchev–Trinajstić information content (AvgIpc) is 3.38. The molecular formula is C18H22N4O2. The molecule has 4 rings (SSSR count). The van der Waals surface area contributed by atoms with Crippen LogP contribution in [-0.2, 0) is 4.79 Å². The van der Waals surface area contributed by atoms with E-state index in [1.165, 1.54) is 0 Å². The fraction of sp³-hybridized carbons (Fsp3) is 0.500. The highest BCUT2D eigenvalue weighted by molar-refractivity contribution is 5.81. The average molecular weight is 326 g/mol. The van der Waals surface area contributed by atoms with Crippen molar-refractivity contribution >= 4 is 5.91 Å². The van der Waals surface area contributed by atoms with Gasteiger partial charge in [-0.05, 0) is 19.8 Å². The molecule has 1 aliphatic heterocycles. The monoisotopic (exact) mass is 326 g/mol. The Balaban J connectivity index is 1.39. The van der Waals surface area contributed by atoms with Crippen molar-refractivity contribution in [3.63, 3.8) is 0 Å². The summed E-state index contributed by atoms with van der Waals surface area (Å²) in [5.41, 5.74) is 0.958. The lowest BCUT2D eigenvalue weighted by atomic mass is 10.2. The summed E-state index contributed by atoms with van der Waals surface area (Å²) in [6, 6.07) is 9.90. The van der Waals surface area contributed by atoms with E-state index in [-0.39, 0.29) is 6.04 Å². The van der Waals surface area contributed by atoms with Gasteiger partial charge in [0.15, 0.2) is 0 Å². The van der Waals surface area contributed by atoms with Crippen LogP contribution in [0.4, 0.5) is 0 Å². The van der Waals surface area contributed by atoms with Crippen molar-refractivity contribution in [1.29, 1.82) is 0 Å². The zero-order valence-electron chi connectivity index (χ0n) is 13.9. The number of aromatic nitrogens is 2. The Hall–Kier alpha value is -2.21. The summed E-state index contributed by atoms with van der Waals surface area (Å²) < 4.78 is 5.47. The standard InChI is InChI=1S/C18H22N4O2/c1-13(17-19-16(20-24-17)14-5-3-2-4-6-14)21-9-11-22(12-10-21)18(23)15-7-8-15/h2-6,13,15H,7-12H2,1H3/t13-/m0/s1. The van der Waals surface area contributed by atoms with Crippen molar-refractivity contribution in [2.75, 3.05) is 26.2 Å². The number of nitrogens with zero attached hydrogens (tertiary/aromatic N) is 4. The molecule has 24 heavy (non-hydrogen) atoms. The second-order valence-electron chi connectivity index (χ2n) is 6.63. The maximum Gasteiger partial charge on any atom is 0.244 e. The van der Waals surface area contributed by atoms with Gasteiger partial charge in [0.05, 0.1) is 6.04 Å². The van der Waals surface area contributed by atoms with Crippen LogP contribution in [0.15, 0.2) is 34.9 Å². The van der Waals surface area contributed by atoms with Crippen LogP contribution < -0.4 is 0 Å². The third-order valence-electron chi connectivity index (χ3n) is 4.93. The van der Waals surface area contributed by atoms with Gasteiger partial charge in [0.25, 0.3) is 0 Å². The highest BCUT2D eigenvalue weighted by atomic mass is 16.5. The summed E-state index contributed by atoms with van der Waals surface area (Å²) in [6.07, 6.45) is 2.14. The molecule has 1 amide bonds. The minimum atomic E-state index is 0.0631. The number of amides is 1. The Labute approximate surface area is 141 Å². The molecule has 2 aliphatic rings. The van der Waals surface area contributed by atoms with E-state index in [1.807, 2.05) is 35.2 Å². The number of hydrogen-bond donors (Lipinski definition) is 0. The summed E-state index contributed by atoms with van der Waals surface area (Å²) in [7, 11) is 0. The van der Waals surface area contributed by atoms with Crippen LogP contribution >= 0.6 is 0 Å². The van der Waals surface area contributed by atoms with Crippen LogP contribution in [0.5, 0.6) is 0 Å². The predicted octanol–water partition coefficient (Wildman–Crippen LogP) is 2.35. The van der Waals surface area contributed by atoms with Gasteiger partial charge in [-0.15, -0.1) is 0 Å². The van der Waals surface area contributed by atoms with Gasteiger partial charge in [-0.1, -0.05) is 35.5 Å². The number of benzene rings is 1. The molecule has 1 saturated carbocycles. The number of hydrogen-bond acceptors (Lipinski definition) is 5. The Bertz CT molecular complexity index is 703. The van der Waals surface area contributed by atoms with Gasteiger partial charge in [-0.2, -0.15) is 4.98 Å². The fourth-order valence-corrected chi connectivity index (χ4v) is 3.18. The normalized spacial score (nSPS) is 20.1. The molecule has 2 fully saturated rings. The van der Waals surface area contributed by atoms with Crippen LogP contribution in [0, 0.1) is 5.92 Å². The van der Waals surface area contributed by atoms with Crippen LogP contribution in [0.3, 0.4) is 0 Å². The SMILES string of the molecule is C[C@@H](c1nc(-c2ccccc2)no1)N1CCN(C(=O)C2CC2)CC1. The zero-order chi connectivity index (χ0) is 16.5. The first kappa shape index (κ1) is 15.3. The lowest BCUT2D eigenvalue weighted by Crippen LogP contribution is -2.49. The highest BCUT2D eigenvalue weighted by Gasteiger charge is 2.35. The Kier molecular flexibility index (Phi) is 4.06. The molecule has 1 aliphatic carbocycles. The van der Waals surface area contributed by atoms with E-state index in [1.54, 1.807) is 0 Å². The van der Waals surface area contributed by atoms with E-state index in [9.17, 15) is 4.79 Å². The number of carbonyl (C=O) groups excluding carboxylic acids is 1. The van der Waals surface area contributed by atoms with E-state index >= 15 is 0 Å². The van der Waals surface area contributed by atoms with Crippen molar-refractivity contribution in [3.05, 3.63) is 36.2 Å². The summed E-state index contributed by atoms with van der Waals surface area (Å²) in [4.78, 5) is 21.0. The first-order chi connectivity index (χ1) is 11.7. The number of carbonyl (C=O) groups is 1. The van der Waals surface area contributed by atoms with E-state index < -0.39 is 0 Å². The molecule has 2 aromatic rings. The first-order valence-electron chi connectivity index (χ1n) is 8.64. The minimum absolute atomic E-state index is 0.0631. The second kappa shape index (κ2) is 6.36. The summed E-state index contributed by atoms with van der Waals surface area (Å²) >= 11 is 0. The van der Waals surface area contributed by atoms with Crippen molar-refractivity contribution < 1.29 is 9.32 Å². The number of rotatable bonds is 4. The predicted molar refractivity (Wildman–Crippen MR) is 89.0 cm³/mol. The van der Waals surface area contributed by atoms with Gasteiger partial charge in [0.2, 0.25) is 17.6 Å². The maximum absolute atomic E-state index is 12.1. The van der Waals surface area contributed by atoms with Gasteiger partial charge < -0.3 is 9.42 Å². The van der Waals surface area contributed by atoms with E-state index in [2.05, 4.69) is 22.0 Å². The zero-order valence-corrected chi connectivity index (χ0v) is 13.9. The summed E-state index contributed by atoms with van der Waals surface area (Å²) in [6.45, 7) is 5.37. The van der Waals surface area contributed by atoms with Crippen molar-refractivity contribution in [2.24, 2.45) is 5.92 Å². The van der Waals surface area contributed by atoms with Gasteiger partial charge in [0.1, 0.15) is 0 Å². The smallest absolute Gasteiger partial charge is 0.244 e. The van der Waals surface area contributed by atoms with Crippen molar-refractivity contribution in [1.82, 2.24) is 19.9 Å². The molecule has 0 spiro atoms. The lowest BCUT2D eigenvalue weighted by Gasteiger charge is -2.36. The molecule has 2 heterocycles. The van der Waals surface area contributed by atoms with Gasteiger partial charge in [0, 0.05) is 37.7 Å². The molecule has 6 nitrogen and oxygen atoms in total. The first-order valence-corrected chi connectivity index (χ1v) is 8.64. The number of piperazine rings is 1. The van der Waals surface area contributed by atoms with Gasteiger partial charge in [-0.3, -0.25) is 9.69 Å². The van der Waals surface area contributed by atoms with E-state index in [0.717, 1.165) is 44.6 Å². The molecule has 0 bridgehead atoms. The Morgan fingerprint density at radius 2 is 1.88 bits per heavy atom. The molecule has 0 N–H and O–H groups in total. The van der Waals surface area contributed by atoms with E-state index in [0.29, 0.717) is 23.5 Å². The van der Waals surface area contributed by atoms with Crippen molar-refractivity contribution in [3.8, 4) is 11.4 Å². The third-order valence-corrected chi connectivity index (χ3v) is 4.93. The second-order valence-corrected chi connectivity index (χ2v) is 6.63. The van der Waals surface area contributed by atoms with E-state index in [4.69, 9.17) is 4.52 Å². The summed E-state index contributed by atoms with van der Waals surface area (Å²) in [5, 5.41) is 4.10. The molecule has 6 heteroatoms. The molecule has 126 valence electrons. The third kappa shape index (κ3) is 3.06. The van der Waals surface area contributed by atoms with Crippen LogP contribution in [0.1, 0.15) is 31.7 Å². The van der Waals surface area contributed by atoms with Gasteiger partial charge >= 0.3 is 0 Å². The topological polar surface area (TPSA) is 62.5 Å². The maximum atomic E-state index is 12.1. The Morgan fingerprint density at radius 1 is 1.17 bits per heavy atom. The van der Waals surface area contributed by atoms with Crippen molar-refractivity contribution in [2.45, 2.75) is 25.8 Å². The van der Waals surface area contributed by atoms with Crippen LogP contribution in [-0.4, -0.2) is 52.0 Å². The lowest BCUT2D eigenvalue weighted by molar-refractivity contribution is -0.134. The molecule has 1 aromatic carbocycles. The van der Waals surface area contributed by atoms with Crippen LogP contribution in [0.2, 0.25) is 0 Å². The minimum Gasteiger partial charge on any atom is -0.340 e. The molecule has 0 radical (unpaired) electrons. The molecule has 1 saturated heterocycles. The summed E-state index contributed by atoms with van der Waals surface area (Å²) in [5.74, 6) is 1.90. The Morgan fingerprint density at radius 3 is 2.54 bits per heavy atom. The quantitative estimate of drug-likeness (QED) is 0.863. The molecular weight excluding hydrogens is 304 g/mol. The van der Waals surface area contributed by atoms with Crippen LogP contribution in [0.25, 0.3) is 11.4 Å². The highest BCUT2D eigenvalue weighted by Crippen LogP contribution is 2.32. The molecule has 1 aromatic heterocycles.